The van der Waals surface area contributed by atoms with Gasteiger partial charge in [0.05, 0.1) is 30.5 Å². The monoisotopic (exact) mass is 1110 g/mol. The maximum absolute atomic E-state index is 15.0. The summed E-state index contributed by atoms with van der Waals surface area (Å²) in [6.45, 7) is 12.7. The van der Waals surface area contributed by atoms with Crippen molar-refractivity contribution in [2.45, 2.75) is 180 Å². The predicted molar refractivity (Wildman–Crippen MR) is 304 cm³/mol. The van der Waals surface area contributed by atoms with Crippen LogP contribution in [0.5, 0.6) is 0 Å². The van der Waals surface area contributed by atoms with E-state index >= 15 is 0 Å². The number of nitrogens with zero attached hydrogens (tertiary/aromatic N) is 1. The molecule has 1 aliphatic carbocycles. The zero-order valence-corrected chi connectivity index (χ0v) is 49.1. The third kappa shape index (κ3) is 16.1. The molecule has 0 spiro atoms. The predicted octanol–water partition coefficient (Wildman–Crippen LogP) is 9.13. The number of amides is 1. The average molecular weight is 1110 g/mol. The number of ether oxygens (including phenoxy) is 5. The van der Waals surface area contributed by atoms with Gasteiger partial charge < -0.3 is 43.3 Å². The Morgan fingerprint density at radius 1 is 0.785 bits per heavy atom. The summed E-state index contributed by atoms with van der Waals surface area (Å²) >= 11 is 0. The van der Waals surface area contributed by atoms with Crippen molar-refractivity contribution in [3.8, 4) is 0 Å². The summed E-state index contributed by atoms with van der Waals surface area (Å²) in [4.78, 5) is 73.1. The van der Waals surface area contributed by atoms with E-state index in [2.05, 4.69) is 0 Å². The number of hydrogen-bond donors (Lipinski definition) is 2. The topological polar surface area (TPSA) is 201 Å². The molecule has 2 aromatic rings. The molecule has 4 aliphatic rings. The molecule has 1 amide bonds. The third-order valence-corrected chi connectivity index (χ3v) is 19.5. The minimum atomic E-state index is -3.55. The summed E-state index contributed by atoms with van der Waals surface area (Å²) in [6.07, 6.45) is 10.7. The maximum Gasteiger partial charge on any atom is 0.329 e. The highest BCUT2D eigenvalue weighted by Gasteiger charge is 2.53. The van der Waals surface area contributed by atoms with Crippen LogP contribution in [0.3, 0.4) is 0 Å². The Morgan fingerprint density at radius 2 is 1.46 bits per heavy atom. The molecule has 3 aliphatic heterocycles. The van der Waals surface area contributed by atoms with Crippen molar-refractivity contribution in [2.75, 3.05) is 27.9 Å². The van der Waals surface area contributed by atoms with Crippen LogP contribution in [0.4, 0.5) is 0 Å². The largest absolute Gasteiger partial charge is 0.460 e. The fourth-order valence-corrected chi connectivity index (χ4v) is 14.2. The van der Waals surface area contributed by atoms with Gasteiger partial charge in [0.1, 0.15) is 18.2 Å². The number of Topliss-reactive ketones (excluding diaryl/α,β-unsaturated/α-hetero) is 3. The molecule has 2 aromatic carbocycles. The number of carbonyl (C=O) groups excluding carboxylic acids is 5. The number of esters is 1. The number of benzene rings is 2. The number of aliphatic hydroxyl groups is 2. The van der Waals surface area contributed by atoms with Crippen molar-refractivity contribution in [3.63, 3.8) is 0 Å². The van der Waals surface area contributed by atoms with Crippen LogP contribution in [0.1, 0.15) is 126 Å². The SMILES string of the molecule is CO[C@H]1C[C@@H]2CC[C@@H](C)[C@@](O)(O2)C(=O)C(=O)N2CCCC[C@H]2C(=O)OC([C@H](C)C[C@@H]2CC[C@@H](OP(=O)(c3ccccc3)c3ccccc3)[C@H](OC)C2)CC(=O)C(C)=CC(C)[C@@H](O)[C@@H](OC)C(=O)[C@H](C)C[C@H](C)C=CC=CC=C1C. The van der Waals surface area contributed by atoms with Crippen molar-refractivity contribution in [2.24, 2.45) is 35.5 Å². The first-order valence-corrected chi connectivity index (χ1v) is 30.2. The molecule has 6 rings (SSSR count). The molecular weight excluding hydrogens is 1030 g/mol. The number of allylic oxidation sites excluding steroid dienone is 6. The van der Waals surface area contributed by atoms with Crippen LogP contribution < -0.4 is 10.6 Å². The molecule has 3 heterocycles. The second-order valence-electron chi connectivity index (χ2n) is 22.9. The van der Waals surface area contributed by atoms with Crippen LogP contribution in [0.25, 0.3) is 0 Å². The van der Waals surface area contributed by atoms with E-state index in [-0.39, 0.29) is 42.8 Å². The van der Waals surface area contributed by atoms with E-state index in [1.165, 1.54) is 12.0 Å². The summed E-state index contributed by atoms with van der Waals surface area (Å²) in [6, 6.07) is 17.2. The first-order chi connectivity index (χ1) is 37.6. The van der Waals surface area contributed by atoms with E-state index in [0.717, 1.165) is 5.57 Å². The smallest absolute Gasteiger partial charge is 0.329 e. The lowest BCUT2D eigenvalue weighted by atomic mass is 9.78. The molecule has 434 valence electrons. The van der Waals surface area contributed by atoms with Crippen LogP contribution in [0, 0.1) is 35.5 Å². The van der Waals surface area contributed by atoms with E-state index in [1.54, 1.807) is 41.1 Å². The summed E-state index contributed by atoms with van der Waals surface area (Å²) in [5, 5.41) is 24.9. The van der Waals surface area contributed by atoms with Gasteiger partial charge in [0, 0.05) is 69.1 Å². The summed E-state index contributed by atoms with van der Waals surface area (Å²) in [5.41, 5.74) is 1.16. The Balaban J connectivity index is 1.29. The second-order valence-corrected chi connectivity index (χ2v) is 25.2. The van der Waals surface area contributed by atoms with Crippen molar-refractivity contribution in [1.29, 1.82) is 0 Å². The molecule has 15 atom stereocenters. The van der Waals surface area contributed by atoms with Gasteiger partial charge in [0.25, 0.3) is 19.1 Å². The number of methoxy groups -OCH3 is 3. The first kappa shape index (κ1) is 63.5. The molecule has 2 saturated heterocycles. The van der Waals surface area contributed by atoms with Gasteiger partial charge in [0.2, 0.25) is 5.79 Å². The highest BCUT2D eigenvalue weighted by molar-refractivity contribution is 7.74. The number of ketones is 3. The minimum Gasteiger partial charge on any atom is -0.460 e. The van der Waals surface area contributed by atoms with Gasteiger partial charge in [-0.3, -0.25) is 23.7 Å². The van der Waals surface area contributed by atoms with E-state index in [0.29, 0.717) is 80.4 Å². The maximum atomic E-state index is 15.0. The van der Waals surface area contributed by atoms with Gasteiger partial charge in [-0.15, -0.1) is 0 Å². The molecule has 79 heavy (non-hydrogen) atoms. The van der Waals surface area contributed by atoms with Crippen LogP contribution >= 0.6 is 7.37 Å². The number of rotatable bonds is 10. The molecule has 0 radical (unpaired) electrons. The highest BCUT2D eigenvalue weighted by Crippen LogP contribution is 2.49. The number of cyclic esters (lactones) is 1. The molecule has 1 saturated carbocycles. The number of piperidine rings is 1. The quantitative estimate of drug-likeness (QED) is 0.130. The Morgan fingerprint density at radius 3 is 2.09 bits per heavy atom. The molecule has 3 fully saturated rings. The van der Waals surface area contributed by atoms with E-state index in [1.807, 2.05) is 119 Å². The summed E-state index contributed by atoms with van der Waals surface area (Å²) in [5.74, 6) is -8.33. The Labute approximate surface area is 469 Å². The summed E-state index contributed by atoms with van der Waals surface area (Å²) < 4.78 is 51.9. The molecule has 16 heteroatoms. The molecular formula is C63H88NO14P. The molecule has 2 N–H and O–H groups in total. The third-order valence-electron chi connectivity index (χ3n) is 16.9. The Bertz CT molecular complexity index is 2500. The molecule has 0 aromatic heterocycles. The first-order valence-electron chi connectivity index (χ1n) is 28.5. The molecule has 2 bridgehead atoms. The fourth-order valence-electron chi connectivity index (χ4n) is 11.9. The lowest BCUT2D eigenvalue weighted by Crippen LogP contribution is -2.61. The zero-order chi connectivity index (χ0) is 57.6. The van der Waals surface area contributed by atoms with Crippen molar-refractivity contribution < 1.29 is 67.0 Å². The molecule has 2 unspecified atom stereocenters. The van der Waals surface area contributed by atoms with Crippen LogP contribution in [-0.4, -0.2) is 127 Å². The lowest BCUT2D eigenvalue weighted by molar-refractivity contribution is -0.265. The van der Waals surface area contributed by atoms with Gasteiger partial charge in [-0.1, -0.05) is 107 Å². The standard InChI is InChI=1S/C63H88NO14P/c1-40-22-14-11-15-23-41(2)54(73-8)38-48-31-29-46(7)63(71,77-48)60(68)61(69)64-33-21-20-28-51(64)62(70)76-55(39-52(65)42(3)35-45(6)58(67)59(75-10)57(66)44(5)34-40)43(4)36-47-30-32-53(56(37-47)74-9)78-79(72,49-24-16-12-17-25-49)50-26-18-13-19-27-50/h11-19,22-27,35,40,43-48,51,53-56,58-59,67,71H,20-21,28-34,36-39H2,1-10H3/t40-,43-,44-,45?,46-,47+,48+,51+,53-,54+,55?,56-,58-,59+,63-/m1/s1. The van der Waals surface area contributed by atoms with E-state index in [9.17, 15) is 38.8 Å². The van der Waals surface area contributed by atoms with Gasteiger partial charge in [-0.2, -0.15) is 0 Å². The van der Waals surface area contributed by atoms with E-state index in [4.69, 9.17) is 28.2 Å². The Kier molecular flexibility index (Phi) is 23.6. The zero-order valence-electron chi connectivity index (χ0n) is 48.2. The van der Waals surface area contributed by atoms with Crippen LogP contribution in [-0.2, 0) is 56.7 Å². The van der Waals surface area contributed by atoms with Gasteiger partial charge >= 0.3 is 5.97 Å². The van der Waals surface area contributed by atoms with Crippen molar-refractivity contribution in [1.82, 2.24) is 4.90 Å². The number of carbonyl (C=O) groups is 5. The lowest BCUT2D eigenvalue weighted by Gasteiger charge is -2.42. The van der Waals surface area contributed by atoms with Crippen LogP contribution in [0.15, 0.2) is 108 Å². The van der Waals surface area contributed by atoms with Gasteiger partial charge in [-0.25, -0.2) is 4.79 Å². The fraction of sp³-hybridized carbons (Fsp3) is 0.603. The summed E-state index contributed by atoms with van der Waals surface area (Å²) in [7, 11) is 1.02. The van der Waals surface area contributed by atoms with Gasteiger partial charge in [0.15, 0.2) is 11.6 Å². The van der Waals surface area contributed by atoms with Crippen molar-refractivity contribution in [3.05, 3.63) is 108 Å². The number of hydrogen-bond acceptors (Lipinski definition) is 14. The number of fused-ring (bicyclic) bond motifs is 3. The van der Waals surface area contributed by atoms with E-state index < -0.39 is 103 Å². The highest BCUT2D eigenvalue weighted by atomic mass is 31.2. The van der Waals surface area contributed by atoms with Crippen LogP contribution in [0.2, 0.25) is 0 Å². The minimum absolute atomic E-state index is 0.00302. The van der Waals surface area contributed by atoms with Crippen molar-refractivity contribution >= 4 is 47.2 Å². The Hall–Kier alpha value is -4.70. The van der Waals surface area contributed by atoms with Gasteiger partial charge in [-0.05, 0) is 131 Å². The average Bonchev–Trinajstić information content (AvgIpc) is 3.46. The number of aliphatic hydroxyl groups excluding tert-OH is 1. The second kappa shape index (κ2) is 29.3. The normalized spacial score (nSPS) is 33.3. The molecule has 15 nitrogen and oxygen atoms in total.